The fourth-order valence-corrected chi connectivity index (χ4v) is 3.77. The van der Waals surface area contributed by atoms with Crippen LogP contribution in [0.3, 0.4) is 0 Å². The molecule has 6 nitrogen and oxygen atoms in total. The summed E-state index contributed by atoms with van der Waals surface area (Å²) in [5, 5.41) is 11.6. The Balaban J connectivity index is 1.62. The molecule has 3 aromatic rings. The molecule has 1 amide bonds. The number of aryl methyl sites for hydroxylation is 2. The maximum Gasteiger partial charge on any atom is 0.318 e. The van der Waals surface area contributed by atoms with Crippen LogP contribution in [-0.4, -0.2) is 29.2 Å². The van der Waals surface area contributed by atoms with Crippen LogP contribution in [0.25, 0.3) is 0 Å². The third kappa shape index (κ3) is 4.31. The van der Waals surface area contributed by atoms with Gasteiger partial charge >= 0.3 is 6.01 Å². The summed E-state index contributed by atoms with van der Waals surface area (Å²) in [6.45, 7) is 5.81. The van der Waals surface area contributed by atoms with Crippen molar-refractivity contribution >= 4 is 11.9 Å². The fraction of sp³-hybridized carbons (Fsp3) is 0.348. The van der Waals surface area contributed by atoms with E-state index in [1.165, 1.54) is 6.42 Å². The molecule has 0 aliphatic carbocycles. The summed E-state index contributed by atoms with van der Waals surface area (Å²) in [6, 6.07) is 15.6. The van der Waals surface area contributed by atoms with E-state index in [4.69, 9.17) is 4.42 Å². The van der Waals surface area contributed by atoms with Gasteiger partial charge in [-0.3, -0.25) is 4.79 Å². The molecule has 0 unspecified atom stereocenters. The van der Waals surface area contributed by atoms with E-state index < -0.39 is 6.04 Å². The predicted molar refractivity (Wildman–Crippen MR) is 112 cm³/mol. The minimum absolute atomic E-state index is 0.158. The first kappa shape index (κ1) is 19.2. The molecule has 4 rings (SSSR count). The van der Waals surface area contributed by atoms with Crippen LogP contribution < -0.4 is 10.2 Å². The average molecular weight is 390 g/mol. The van der Waals surface area contributed by atoms with E-state index in [1.54, 1.807) is 0 Å². The standard InChI is InChI=1S/C23H26N4O2/c1-16-11-12-19(17(2)15-16)21(28)24-20(18-9-5-3-6-10-18)22-25-26-23(29-22)27-13-7-4-8-14-27/h3,5-6,9-12,15,20H,4,7-8,13-14H2,1-2H3,(H,24,28)/t20-/m1/s1. The summed E-state index contributed by atoms with van der Waals surface area (Å²) in [6.07, 6.45) is 3.49. The van der Waals surface area contributed by atoms with E-state index in [-0.39, 0.29) is 5.91 Å². The molecular weight excluding hydrogens is 364 g/mol. The molecular formula is C23H26N4O2. The lowest BCUT2D eigenvalue weighted by Crippen LogP contribution is -2.30. The van der Waals surface area contributed by atoms with Crippen molar-refractivity contribution in [3.63, 3.8) is 0 Å². The molecule has 0 radical (unpaired) electrons. The molecule has 0 bridgehead atoms. The van der Waals surface area contributed by atoms with Crippen LogP contribution in [0.15, 0.2) is 52.9 Å². The Bertz CT molecular complexity index is 978. The Morgan fingerprint density at radius 1 is 1.03 bits per heavy atom. The molecule has 1 aromatic heterocycles. The summed E-state index contributed by atoms with van der Waals surface area (Å²) < 4.78 is 6.01. The largest absolute Gasteiger partial charge is 0.405 e. The van der Waals surface area contributed by atoms with Crippen molar-refractivity contribution in [2.45, 2.75) is 39.2 Å². The van der Waals surface area contributed by atoms with Gasteiger partial charge < -0.3 is 14.6 Å². The number of aromatic nitrogens is 2. The first-order valence-electron chi connectivity index (χ1n) is 10.1. The minimum Gasteiger partial charge on any atom is -0.405 e. The van der Waals surface area contributed by atoms with E-state index in [0.29, 0.717) is 17.5 Å². The Kier molecular flexibility index (Phi) is 5.60. The van der Waals surface area contributed by atoms with Gasteiger partial charge in [0.25, 0.3) is 5.91 Å². The van der Waals surface area contributed by atoms with E-state index in [2.05, 4.69) is 20.4 Å². The molecule has 0 spiro atoms. The third-order valence-electron chi connectivity index (χ3n) is 5.34. The molecule has 1 saturated heterocycles. The van der Waals surface area contributed by atoms with E-state index in [1.807, 2.05) is 62.4 Å². The molecule has 29 heavy (non-hydrogen) atoms. The van der Waals surface area contributed by atoms with Gasteiger partial charge in [0, 0.05) is 18.7 Å². The van der Waals surface area contributed by atoms with Gasteiger partial charge in [0.2, 0.25) is 5.89 Å². The van der Waals surface area contributed by atoms with Gasteiger partial charge in [0.05, 0.1) is 0 Å². The average Bonchev–Trinajstić information content (AvgIpc) is 3.23. The first-order chi connectivity index (χ1) is 14.1. The van der Waals surface area contributed by atoms with Crippen LogP contribution in [0.1, 0.15) is 58.2 Å². The highest BCUT2D eigenvalue weighted by Gasteiger charge is 2.26. The smallest absolute Gasteiger partial charge is 0.318 e. The number of carbonyl (C=O) groups excluding carboxylic acids is 1. The van der Waals surface area contributed by atoms with Crippen molar-refractivity contribution in [2.75, 3.05) is 18.0 Å². The van der Waals surface area contributed by atoms with Crippen LogP contribution in [0.4, 0.5) is 6.01 Å². The molecule has 2 aromatic carbocycles. The molecule has 2 heterocycles. The van der Waals surface area contributed by atoms with Crippen LogP contribution in [0.5, 0.6) is 0 Å². The lowest BCUT2D eigenvalue weighted by atomic mass is 10.0. The number of benzene rings is 2. The molecule has 0 saturated carbocycles. The zero-order valence-electron chi connectivity index (χ0n) is 16.9. The normalized spacial score (nSPS) is 15.2. The number of carbonyl (C=O) groups is 1. The molecule has 1 fully saturated rings. The van der Waals surface area contributed by atoms with Gasteiger partial charge in [-0.05, 0) is 50.3 Å². The Labute approximate surface area is 170 Å². The minimum atomic E-state index is -0.504. The second kappa shape index (κ2) is 8.47. The van der Waals surface area contributed by atoms with Gasteiger partial charge in [0.1, 0.15) is 6.04 Å². The van der Waals surface area contributed by atoms with Crippen LogP contribution >= 0.6 is 0 Å². The third-order valence-corrected chi connectivity index (χ3v) is 5.34. The Morgan fingerprint density at radius 2 is 1.79 bits per heavy atom. The van der Waals surface area contributed by atoms with Gasteiger partial charge in [0.15, 0.2) is 0 Å². The van der Waals surface area contributed by atoms with Gasteiger partial charge in [-0.1, -0.05) is 53.1 Å². The number of nitrogens with one attached hydrogen (secondary N) is 1. The van der Waals surface area contributed by atoms with Crippen LogP contribution in [0, 0.1) is 13.8 Å². The SMILES string of the molecule is Cc1ccc(C(=O)N[C@H](c2ccccc2)c2nnc(N3CCCCC3)o2)c(C)c1. The first-order valence-corrected chi connectivity index (χ1v) is 10.1. The fourth-order valence-electron chi connectivity index (χ4n) is 3.77. The topological polar surface area (TPSA) is 71.3 Å². The summed E-state index contributed by atoms with van der Waals surface area (Å²) in [5.41, 5.74) is 3.61. The van der Waals surface area contributed by atoms with Crippen LogP contribution in [0.2, 0.25) is 0 Å². The molecule has 1 N–H and O–H groups in total. The Hall–Kier alpha value is -3.15. The van der Waals surface area contributed by atoms with Crippen molar-refractivity contribution in [1.29, 1.82) is 0 Å². The molecule has 1 atom stereocenters. The second-order valence-corrected chi connectivity index (χ2v) is 7.61. The highest BCUT2D eigenvalue weighted by atomic mass is 16.4. The van der Waals surface area contributed by atoms with Gasteiger partial charge in [-0.2, -0.15) is 0 Å². The van der Waals surface area contributed by atoms with E-state index in [9.17, 15) is 4.79 Å². The maximum atomic E-state index is 13.0. The van der Waals surface area contributed by atoms with Crippen LogP contribution in [-0.2, 0) is 0 Å². The number of amides is 1. The number of rotatable bonds is 5. The lowest BCUT2D eigenvalue weighted by Gasteiger charge is -2.24. The number of hydrogen-bond acceptors (Lipinski definition) is 5. The monoisotopic (exact) mass is 390 g/mol. The summed E-state index contributed by atoms with van der Waals surface area (Å²) in [7, 11) is 0. The van der Waals surface area contributed by atoms with Crippen molar-refractivity contribution in [1.82, 2.24) is 15.5 Å². The lowest BCUT2D eigenvalue weighted by molar-refractivity contribution is 0.0937. The number of anilines is 1. The molecule has 1 aliphatic heterocycles. The van der Waals surface area contributed by atoms with Crippen molar-refractivity contribution < 1.29 is 9.21 Å². The highest BCUT2D eigenvalue weighted by Crippen LogP contribution is 2.26. The highest BCUT2D eigenvalue weighted by molar-refractivity contribution is 5.96. The zero-order chi connectivity index (χ0) is 20.2. The summed E-state index contributed by atoms with van der Waals surface area (Å²) in [4.78, 5) is 15.2. The second-order valence-electron chi connectivity index (χ2n) is 7.61. The summed E-state index contributed by atoms with van der Waals surface area (Å²) >= 11 is 0. The Morgan fingerprint density at radius 3 is 2.52 bits per heavy atom. The van der Waals surface area contributed by atoms with Crippen molar-refractivity contribution in [3.8, 4) is 0 Å². The molecule has 6 heteroatoms. The van der Waals surface area contributed by atoms with E-state index in [0.717, 1.165) is 42.6 Å². The van der Waals surface area contributed by atoms with Crippen molar-refractivity contribution in [3.05, 3.63) is 76.7 Å². The number of piperidine rings is 1. The van der Waals surface area contributed by atoms with Crippen molar-refractivity contribution in [2.24, 2.45) is 0 Å². The van der Waals surface area contributed by atoms with E-state index >= 15 is 0 Å². The predicted octanol–water partition coefficient (Wildman–Crippen LogP) is 4.20. The quantitative estimate of drug-likeness (QED) is 0.707. The zero-order valence-corrected chi connectivity index (χ0v) is 16.9. The van der Waals surface area contributed by atoms with Gasteiger partial charge in [-0.25, -0.2) is 0 Å². The maximum absolute atomic E-state index is 13.0. The van der Waals surface area contributed by atoms with Gasteiger partial charge in [-0.15, -0.1) is 5.10 Å². The number of hydrogen-bond donors (Lipinski definition) is 1. The molecule has 150 valence electrons. The molecule has 1 aliphatic rings. The summed E-state index contributed by atoms with van der Waals surface area (Å²) in [5.74, 6) is 0.240. The number of nitrogens with zero attached hydrogens (tertiary/aromatic N) is 3.